The molecule has 0 bridgehead atoms. The molecule has 2 unspecified atom stereocenters. The fraction of sp³-hybridized carbons (Fsp3) is 1.00. The summed E-state index contributed by atoms with van der Waals surface area (Å²) in [5.41, 5.74) is -2.82. The molecule has 1 aliphatic heterocycles. The van der Waals surface area contributed by atoms with Crippen molar-refractivity contribution in [3.8, 4) is 0 Å². The number of piperidine rings is 1. The van der Waals surface area contributed by atoms with Crippen LogP contribution in [0.5, 0.6) is 0 Å². The van der Waals surface area contributed by atoms with Gasteiger partial charge in [-0.25, -0.2) is 17.6 Å². The van der Waals surface area contributed by atoms with Crippen molar-refractivity contribution in [1.29, 1.82) is 0 Å². The van der Waals surface area contributed by atoms with Crippen LogP contribution in [0.1, 0.15) is 39.5 Å². The summed E-state index contributed by atoms with van der Waals surface area (Å²) in [5, 5.41) is 0. The molecular formula is C17H19F16N. The number of rotatable bonds is 10. The van der Waals surface area contributed by atoms with E-state index in [0.717, 1.165) is 6.92 Å². The lowest BCUT2D eigenvalue weighted by atomic mass is 9.78. The van der Waals surface area contributed by atoms with E-state index in [0.29, 0.717) is 6.92 Å². The van der Waals surface area contributed by atoms with Crippen molar-refractivity contribution in [1.82, 2.24) is 4.90 Å². The van der Waals surface area contributed by atoms with Crippen LogP contribution in [-0.2, 0) is 0 Å². The van der Waals surface area contributed by atoms with E-state index in [-0.39, 0.29) is 17.7 Å². The highest BCUT2D eigenvalue weighted by molar-refractivity contribution is 5.07. The van der Waals surface area contributed by atoms with Gasteiger partial charge in [0.25, 0.3) is 0 Å². The highest BCUT2D eigenvalue weighted by atomic mass is 19.4. The minimum atomic E-state index is -6.75. The third kappa shape index (κ3) is 4.90. The monoisotopic (exact) mass is 541 g/mol. The van der Waals surface area contributed by atoms with E-state index in [4.69, 9.17) is 0 Å². The zero-order chi connectivity index (χ0) is 27.3. The van der Waals surface area contributed by atoms with Gasteiger partial charge in [-0.15, -0.1) is 0 Å². The van der Waals surface area contributed by atoms with Crippen molar-refractivity contribution in [3.05, 3.63) is 0 Å². The van der Waals surface area contributed by atoms with E-state index in [1.165, 1.54) is 0 Å². The maximum absolute atomic E-state index is 14.2. The molecule has 0 spiro atoms. The van der Waals surface area contributed by atoms with Crippen LogP contribution in [0.3, 0.4) is 0 Å². The first-order chi connectivity index (χ1) is 14.8. The number of likely N-dealkylation sites (tertiary alicyclic amines) is 1. The maximum Gasteiger partial charge on any atom is 0.379 e. The van der Waals surface area contributed by atoms with Gasteiger partial charge in [-0.1, -0.05) is 6.42 Å². The third-order valence-electron chi connectivity index (χ3n) is 5.84. The van der Waals surface area contributed by atoms with Crippen molar-refractivity contribution >= 4 is 0 Å². The van der Waals surface area contributed by atoms with E-state index >= 15 is 0 Å². The summed E-state index contributed by atoms with van der Waals surface area (Å²) in [7, 11) is 0. The first-order valence-corrected chi connectivity index (χ1v) is 9.42. The summed E-state index contributed by atoms with van der Waals surface area (Å²) < 4.78 is 213. The molecule has 0 saturated carbocycles. The molecule has 0 N–H and O–H groups in total. The average molecular weight is 541 g/mol. The zero-order valence-electron chi connectivity index (χ0n) is 17.3. The van der Waals surface area contributed by atoms with E-state index in [1.807, 2.05) is 0 Å². The standard InChI is InChI=1S/C17H19F16N/c1-8-4-3-5-11(2,6-12(22,23)16(30,31)14(26,27)9(18)19)34(8)7-13(24,25)17(32,33)15(28,29)10(20)21/h8-10H,3-7H2,1-2H3. The SMILES string of the molecule is CC1CCCC(C)(CC(F)(F)C(F)(F)C(F)(F)C(F)F)N1CC(F)(F)C(F)(F)C(F)(F)C(F)F. The maximum atomic E-state index is 14.2. The summed E-state index contributed by atoms with van der Waals surface area (Å²) >= 11 is 0. The fourth-order valence-electron chi connectivity index (χ4n) is 3.81. The Balaban J connectivity index is 3.42. The number of hydrogen-bond acceptors (Lipinski definition) is 1. The Morgan fingerprint density at radius 2 is 1.12 bits per heavy atom. The van der Waals surface area contributed by atoms with Gasteiger partial charge >= 0.3 is 48.4 Å². The fourth-order valence-corrected chi connectivity index (χ4v) is 3.81. The molecular weight excluding hydrogens is 522 g/mol. The van der Waals surface area contributed by atoms with Gasteiger partial charge in [-0.05, 0) is 26.7 Å². The van der Waals surface area contributed by atoms with Crippen LogP contribution in [0, 0.1) is 0 Å². The summed E-state index contributed by atoms with van der Waals surface area (Å²) in [6.07, 6.45) is -14.5. The number of hydrogen-bond donors (Lipinski definition) is 0. The van der Waals surface area contributed by atoms with Gasteiger partial charge in [0.1, 0.15) is 0 Å². The number of nitrogens with zero attached hydrogens (tertiary/aromatic N) is 1. The molecule has 1 nitrogen and oxygen atoms in total. The highest BCUT2D eigenvalue weighted by Gasteiger charge is 2.78. The molecule has 0 aliphatic carbocycles. The predicted molar refractivity (Wildman–Crippen MR) is 84.7 cm³/mol. The van der Waals surface area contributed by atoms with E-state index in [2.05, 4.69) is 0 Å². The van der Waals surface area contributed by atoms with Crippen LogP contribution < -0.4 is 0 Å². The topological polar surface area (TPSA) is 3.24 Å². The summed E-state index contributed by atoms with van der Waals surface area (Å²) in [5.74, 6) is -38.7. The lowest BCUT2D eigenvalue weighted by molar-refractivity contribution is -0.351. The van der Waals surface area contributed by atoms with Crippen molar-refractivity contribution in [2.75, 3.05) is 6.54 Å². The molecule has 17 heteroatoms. The normalized spacial score (nSPS) is 24.9. The van der Waals surface area contributed by atoms with E-state index in [9.17, 15) is 70.2 Å². The summed E-state index contributed by atoms with van der Waals surface area (Å²) in [4.78, 5) is -0.0868. The van der Waals surface area contributed by atoms with E-state index in [1.54, 1.807) is 0 Å². The Hall–Kier alpha value is -1.16. The van der Waals surface area contributed by atoms with Crippen molar-refractivity contribution in [2.24, 2.45) is 0 Å². The second-order valence-corrected chi connectivity index (χ2v) is 8.45. The third-order valence-corrected chi connectivity index (χ3v) is 5.84. The molecule has 2 atom stereocenters. The molecule has 1 fully saturated rings. The van der Waals surface area contributed by atoms with Gasteiger partial charge in [0.15, 0.2) is 0 Å². The second kappa shape index (κ2) is 9.05. The molecule has 1 heterocycles. The molecule has 1 rings (SSSR count). The Kier molecular flexibility index (Phi) is 8.22. The highest BCUT2D eigenvalue weighted by Crippen LogP contribution is 2.54. The first kappa shape index (κ1) is 30.9. The quantitative estimate of drug-likeness (QED) is 0.262. The van der Waals surface area contributed by atoms with E-state index < -0.39 is 79.4 Å². The molecule has 34 heavy (non-hydrogen) atoms. The molecule has 0 amide bonds. The minimum absolute atomic E-state index is 0.0868. The Bertz CT molecular complexity index is 706. The van der Waals surface area contributed by atoms with Gasteiger partial charge < -0.3 is 0 Å². The van der Waals surface area contributed by atoms with Crippen LogP contribution in [0.15, 0.2) is 0 Å². The van der Waals surface area contributed by atoms with Crippen molar-refractivity contribution < 1.29 is 70.2 Å². The van der Waals surface area contributed by atoms with Crippen LogP contribution in [-0.4, -0.2) is 71.4 Å². The van der Waals surface area contributed by atoms with Crippen LogP contribution >= 0.6 is 0 Å². The second-order valence-electron chi connectivity index (χ2n) is 8.45. The van der Waals surface area contributed by atoms with Gasteiger partial charge in [0.05, 0.1) is 6.54 Å². The first-order valence-electron chi connectivity index (χ1n) is 9.42. The van der Waals surface area contributed by atoms with Crippen LogP contribution in [0.25, 0.3) is 0 Å². The lowest BCUT2D eigenvalue weighted by Gasteiger charge is -2.52. The minimum Gasteiger partial charge on any atom is -0.289 e. The molecule has 204 valence electrons. The Labute approximate surface area is 182 Å². The van der Waals surface area contributed by atoms with Crippen LogP contribution in [0.4, 0.5) is 70.2 Å². The summed E-state index contributed by atoms with van der Waals surface area (Å²) in [6.45, 7) is -1.29. The predicted octanol–water partition coefficient (Wildman–Crippen LogP) is 7.35. The Morgan fingerprint density at radius 3 is 1.50 bits per heavy atom. The molecule has 0 aromatic heterocycles. The number of alkyl halides is 16. The number of halogens is 16. The van der Waals surface area contributed by atoms with Gasteiger partial charge in [0, 0.05) is 18.0 Å². The molecule has 1 saturated heterocycles. The summed E-state index contributed by atoms with van der Waals surface area (Å²) in [6, 6.07) is -1.51. The Morgan fingerprint density at radius 1 is 0.735 bits per heavy atom. The molecule has 0 aromatic carbocycles. The smallest absolute Gasteiger partial charge is 0.289 e. The van der Waals surface area contributed by atoms with Crippen LogP contribution in [0.2, 0.25) is 0 Å². The van der Waals surface area contributed by atoms with Crippen molar-refractivity contribution in [2.45, 2.75) is 99.5 Å². The van der Waals surface area contributed by atoms with Gasteiger partial charge in [-0.2, -0.15) is 52.7 Å². The molecule has 0 aromatic rings. The lowest BCUT2D eigenvalue weighted by Crippen LogP contribution is -2.67. The van der Waals surface area contributed by atoms with Gasteiger partial charge in [0.2, 0.25) is 0 Å². The molecule has 0 radical (unpaired) electrons. The average Bonchev–Trinajstić information content (AvgIpc) is 2.63. The van der Waals surface area contributed by atoms with Crippen molar-refractivity contribution in [3.63, 3.8) is 0 Å². The van der Waals surface area contributed by atoms with Gasteiger partial charge in [-0.3, -0.25) is 4.90 Å². The molecule has 1 aliphatic rings. The zero-order valence-corrected chi connectivity index (χ0v) is 17.3. The largest absolute Gasteiger partial charge is 0.379 e.